The number of rotatable bonds is 5. The van der Waals surface area contributed by atoms with E-state index in [-0.39, 0.29) is 48.9 Å². The highest BCUT2D eigenvalue weighted by Gasteiger charge is 2.34. The highest BCUT2D eigenvalue weighted by Crippen LogP contribution is 2.41. The van der Waals surface area contributed by atoms with Crippen LogP contribution >= 0.6 is 24.0 Å². The minimum Gasteiger partial charge on any atom is -0.354 e. The Labute approximate surface area is 174 Å². The molecule has 26 heavy (non-hydrogen) atoms. The molecule has 2 amide bonds. The third kappa shape index (κ3) is 6.92. The predicted octanol–water partition coefficient (Wildman–Crippen LogP) is 1.28. The van der Waals surface area contributed by atoms with Crippen LogP contribution in [-0.2, 0) is 9.59 Å². The van der Waals surface area contributed by atoms with Crippen LogP contribution in [0.1, 0.15) is 38.5 Å². The molecule has 0 bridgehead atoms. The van der Waals surface area contributed by atoms with Gasteiger partial charge in [0, 0.05) is 34.2 Å². The molecule has 0 aromatic heterocycles. The van der Waals surface area contributed by atoms with Crippen molar-refractivity contribution in [1.29, 1.82) is 0 Å². The maximum absolute atomic E-state index is 11.8. The van der Waals surface area contributed by atoms with Gasteiger partial charge in [-0.3, -0.25) is 9.59 Å². The summed E-state index contributed by atoms with van der Waals surface area (Å²) in [5.74, 6) is 2.20. The van der Waals surface area contributed by atoms with Gasteiger partial charge in [-0.1, -0.05) is 19.3 Å². The van der Waals surface area contributed by atoms with E-state index in [9.17, 15) is 9.59 Å². The Hall–Kier alpha value is -1.06. The number of amides is 2. The van der Waals surface area contributed by atoms with E-state index in [1.807, 2.05) is 0 Å². The highest BCUT2D eigenvalue weighted by molar-refractivity contribution is 14.0. The van der Waals surface area contributed by atoms with Crippen molar-refractivity contribution in [3.63, 3.8) is 0 Å². The summed E-state index contributed by atoms with van der Waals surface area (Å²) < 4.78 is 0. The van der Waals surface area contributed by atoms with E-state index in [0.29, 0.717) is 12.0 Å². The summed E-state index contributed by atoms with van der Waals surface area (Å²) in [6, 6.07) is 0.370. The van der Waals surface area contributed by atoms with E-state index in [0.717, 1.165) is 24.7 Å². The van der Waals surface area contributed by atoms with E-state index in [1.54, 1.807) is 33.1 Å². The van der Waals surface area contributed by atoms with Crippen molar-refractivity contribution in [2.45, 2.75) is 44.6 Å². The van der Waals surface area contributed by atoms with Gasteiger partial charge in [-0.2, -0.15) is 0 Å². The molecule has 2 N–H and O–H groups in total. The van der Waals surface area contributed by atoms with Crippen LogP contribution in [0.15, 0.2) is 4.99 Å². The lowest BCUT2D eigenvalue weighted by molar-refractivity contribution is -0.127. The summed E-state index contributed by atoms with van der Waals surface area (Å²) in [5, 5.41) is 6.53. The molecule has 0 aliphatic heterocycles. The zero-order valence-corrected chi connectivity index (χ0v) is 18.8. The maximum atomic E-state index is 11.8. The molecule has 3 atom stereocenters. The number of nitrogens with zero attached hydrogens (tertiary/aromatic N) is 3. The van der Waals surface area contributed by atoms with Crippen LogP contribution in [0.4, 0.5) is 0 Å². The van der Waals surface area contributed by atoms with Crippen molar-refractivity contribution in [3.05, 3.63) is 0 Å². The molecule has 2 saturated carbocycles. The lowest BCUT2D eigenvalue weighted by Crippen LogP contribution is -2.48. The third-order valence-corrected chi connectivity index (χ3v) is 5.41. The standard InChI is InChI=1S/C18H33N5O2.HI/c1-22(2)16(24)11-19-18(20-12-17(25)23(3)4)21-15-9-8-13-6-5-7-14(13)10-15;/h13-15H,5-12H2,1-4H3,(H2,19,20,21);1H. The zero-order chi connectivity index (χ0) is 18.4. The Bertz CT molecular complexity index is 510. The van der Waals surface area contributed by atoms with Gasteiger partial charge in [0.1, 0.15) is 6.54 Å². The largest absolute Gasteiger partial charge is 0.354 e. The summed E-state index contributed by atoms with van der Waals surface area (Å²) in [6.45, 7) is 0.255. The molecule has 0 saturated heterocycles. The van der Waals surface area contributed by atoms with Gasteiger partial charge in [-0.25, -0.2) is 4.99 Å². The zero-order valence-electron chi connectivity index (χ0n) is 16.5. The molecular weight excluding hydrogens is 445 g/mol. The topological polar surface area (TPSA) is 77.0 Å². The fourth-order valence-electron chi connectivity index (χ4n) is 3.79. The Morgan fingerprint density at radius 1 is 0.962 bits per heavy atom. The second-order valence-corrected chi connectivity index (χ2v) is 7.70. The monoisotopic (exact) mass is 479 g/mol. The van der Waals surface area contributed by atoms with Crippen molar-refractivity contribution in [2.24, 2.45) is 16.8 Å². The molecule has 0 heterocycles. The Morgan fingerprint density at radius 2 is 1.62 bits per heavy atom. The fraction of sp³-hybridized carbons (Fsp3) is 0.833. The minimum atomic E-state index is -0.0560. The van der Waals surface area contributed by atoms with Gasteiger partial charge in [-0.15, -0.1) is 24.0 Å². The number of fused-ring (bicyclic) bond motifs is 1. The van der Waals surface area contributed by atoms with Crippen LogP contribution in [0, 0.1) is 11.8 Å². The molecule has 7 nitrogen and oxygen atoms in total. The number of carbonyl (C=O) groups excluding carboxylic acids is 2. The minimum absolute atomic E-state index is 0. The molecule has 0 aromatic rings. The quantitative estimate of drug-likeness (QED) is 0.354. The molecule has 0 radical (unpaired) electrons. The second kappa shape index (κ2) is 10.9. The average Bonchev–Trinajstić information content (AvgIpc) is 3.03. The molecule has 150 valence electrons. The smallest absolute Gasteiger partial charge is 0.243 e. The van der Waals surface area contributed by atoms with E-state index < -0.39 is 0 Å². The number of likely N-dealkylation sites (N-methyl/N-ethyl adjacent to an activating group) is 2. The second-order valence-electron chi connectivity index (χ2n) is 7.70. The van der Waals surface area contributed by atoms with E-state index >= 15 is 0 Å². The number of carbonyl (C=O) groups is 2. The van der Waals surface area contributed by atoms with Crippen LogP contribution < -0.4 is 10.6 Å². The first-order valence-corrected chi connectivity index (χ1v) is 9.32. The van der Waals surface area contributed by atoms with Gasteiger partial charge in [0.15, 0.2) is 5.96 Å². The van der Waals surface area contributed by atoms with Crippen LogP contribution in [0.3, 0.4) is 0 Å². The van der Waals surface area contributed by atoms with E-state index in [1.165, 1.54) is 30.6 Å². The Kier molecular flexibility index (Phi) is 9.67. The van der Waals surface area contributed by atoms with Gasteiger partial charge < -0.3 is 20.4 Å². The molecule has 8 heteroatoms. The number of hydrogen-bond donors (Lipinski definition) is 2. The summed E-state index contributed by atoms with van der Waals surface area (Å²) in [6.07, 6.45) is 7.63. The molecular formula is C18H34IN5O2. The van der Waals surface area contributed by atoms with Gasteiger partial charge >= 0.3 is 0 Å². The molecule has 2 aliphatic rings. The number of guanidine groups is 1. The first-order valence-electron chi connectivity index (χ1n) is 9.32. The van der Waals surface area contributed by atoms with Crippen molar-refractivity contribution in [3.8, 4) is 0 Å². The van der Waals surface area contributed by atoms with Gasteiger partial charge in [-0.05, 0) is 31.1 Å². The van der Waals surface area contributed by atoms with Crippen LogP contribution in [0.25, 0.3) is 0 Å². The van der Waals surface area contributed by atoms with Crippen molar-refractivity contribution >= 4 is 41.8 Å². The van der Waals surface area contributed by atoms with E-state index in [4.69, 9.17) is 0 Å². The van der Waals surface area contributed by atoms with Crippen molar-refractivity contribution in [1.82, 2.24) is 20.4 Å². The summed E-state index contributed by atoms with van der Waals surface area (Å²) >= 11 is 0. The summed E-state index contributed by atoms with van der Waals surface area (Å²) in [7, 11) is 6.89. The van der Waals surface area contributed by atoms with Crippen molar-refractivity contribution in [2.75, 3.05) is 41.3 Å². The summed E-state index contributed by atoms with van der Waals surface area (Å²) in [5.41, 5.74) is 0. The number of hydrogen-bond acceptors (Lipinski definition) is 3. The lowest BCUT2D eigenvalue weighted by Gasteiger charge is -2.33. The van der Waals surface area contributed by atoms with E-state index in [2.05, 4.69) is 15.6 Å². The normalized spacial score (nSPS) is 24.9. The molecule has 2 fully saturated rings. The van der Waals surface area contributed by atoms with Gasteiger partial charge in [0.2, 0.25) is 11.8 Å². The fourth-order valence-corrected chi connectivity index (χ4v) is 3.79. The summed E-state index contributed by atoms with van der Waals surface area (Å²) in [4.78, 5) is 31.1. The first-order chi connectivity index (χ1) is 11.9. The third-order valence-electron chi connectivity index (χ3n) is 5.41. The number of halogens is 1. The molecule has 2 aliphatic carbocycles. The van der Waals surface area contributed by atoms with Crippen molar-refractivity contribution < 1.29 is 9.59 Å². The molecule has 3 unspecified atom stereocenters. The number of aliphatic imine (C=N–C) groups is 1. The highest BCUT2D eigenvalue weighted by atomic mass is 127. The molecule has 0 spiro atoms. The average molecular weight is 479 g/mol. The Morgan fingerprint density at radius 3 is 2.27 bits per heavy atom. The van der Waals surface area contributed by atoms with Gasteiger partial charge in [0.05, 0.1) is 6.54 Å². The Balaban J connectivity index is 0.00000338. The van der Waals surface area contributed by atoms with Gasteiger partial charge in [0.25, 0.3) is 0 Å². The number of nitrogens with one attached hydrogen (secondary N) is 2. The van der Waals surface area contributed by atoms with Crippen LogP contribution in [0.5, 0.6) is 0 Å². The van der Waals surface area contributed by atoms with Crippen LogP contribution in [-0.4, -0.2) is 74.9 Å². The predicted molar refractivity (Wildman–Crippen MR) is 115 cm³/mol. The lowest BCUT2D eigenvalue weighted by atomic mass is 9.79. The maximum Gasteiger partial charge on any atom is 0.243 e. The molecule has 0 aromatic carbocycles. The van der Waals surface area contributed by atoms with Crippen LogP contribution in [0.2, 0.25) is 0 Å². The first kappa shape index (κ1) is 23.0. The molecule has 2 rings (SSSR count). The SMILES string of the molecule is CN(C)C(=O)CN=C(NCC(=O)N(C)C)NC1CCC2CCCC2C1.I.